The van der Waals surface area contributed by atoms with Gasteiger partial charge in [0.25, 0.3) is 0 Å². The standard InChI is InChI=1S/C15H29N/c1-12-7-3-4-8-13(12)11-15(2)10-6-5-9-14(15)16/h12-14H,3-11,16H2,1-2H3. The van der Waals surface area contributed by atoms with Crippen LogP contribution in [0.3, 0.4) is 0 Å². The molecule has 4 unspecified atom stereocenters. The third-order valence-corrected chi connectivity index (χ3v) is 5.43. The number of hydrogen-bond donors (Lipinski definition) is 1. The monoisotopic (exact) mass is 223 g/mol. The van der Waals surface area contributed by atoms with E-state index >= 15 is 0 Å². The number of nitrogens with two attached hydrogens (primary N) is 1. The summed E-state index contributed by atoms with van der Waals surface area (Å²) in [4.78, 5) is 0. The lowest BCUT2D eigenvalue weighted by molar-refractivity contribution is 0.0968. The predicted octanol–water partition coefficient (Wildman–Crippen LogP) is 4.11. The van der Waals surface area contributed by atoms with E-state index in [1.807, 2.05) is 0 Å². The van der Waals surface area contributed by atoms with Crippen molar-refractivity contribution in [2.24, 2.45) is 23.0 Å². The molecule has 2 fully saturated rings. The van der Waals surface area contributed by atoms with E-state index in [9.17, 15) is 0 Å². The molecule has 0 aromatic heterocycles. The van der Waals surface area contributed by atoms with Gasteiger partial charge in [0.05, 0.1) is 0 Å². The van der Waals surface area contributed by atoms with E-state index in [0.29, 0.717) is 11.5 Å². The maximum atomic E-state index is 6.38. The van der Waals surface area contributed by atoms with E-state index in [2.05, 4.69) is 13.8 Å². The molecule has 2 N–H and O–H groups in total. The van der Waals surface area contributed by atoms with Crippen molar-refractivity contribution in [2.75, 3.05) is 0 Å². The molecule has 0 saturated heterocycles. The Kier molecular flexibility index (Phi) is 3.94. The average molecular weight is 223 g/mol. The molecular weight excluding hydrogens is 194 g/mol. The van der Waals surface area contributed by atoms with Crippen molar-refractivity contribution in [3.05, 3.63) is 0 Å². The second kappa shape index (κ2) is 5.08. The van der Waals surface area contributed by atoms with Gasteiger partial charge in [-0.05, 0) is 36.5 Å². The summed E-state index contributed by atoms with van der Waals surface area (Å²) in [5, 5.41) is 0. The molecule has 0 aliphatic heterocycles. The predicted molar refractivity (Wildman–Crippen MR) is 70.3 cm³/mol. The highest BCUT2D eigenvalue weighted by Crippen LogP contribution is 2.44. The summed E-state index contributed by atoms with van der Waals surface area (Å²) < 4.78 is 0. The largest absolute Gasteiger partial charge is 0.327 e. The Hall–Kier alpha value is -0.0400. The molecule has 0 aromatic carbocycles. The third kappa shape index (κ3) is 2.61. The first-order valence-corrected chi connectivity index (χ1v) is 7.37. The van der Waals surface area contributed by atoms with Crippen LogP contribution in [0.4, 0.5) is 0 Å². The average Bonchev–Trinajstić information content (AvgIpc) is 2.26. The minimum Gasteiger partial charge on any atom is -0.327 e. The van der Waals surface area contributed by atoms with Crippen molar-refractivity contribution in [1.82, 2.24) is 0 Å². The minimum atomic E-state index is 0.453. The molecular formula is C15H29N. The van der Waals surface area contributed by atoms with E-state index in [-0.39, 0.29) is 0 Å². The van der Waals surface area contributed by atoms with Crippen LogP contribution >= 0.6 is 0 Å². The Bertz CT molecular complexity index is 225. The van der Waals surface area contributed by atoms with E-state index in [0.717, 1.165) is 11.8 Å². The number of rotatable bonds is 2. The molecule has 1 heteroatoms. The SMILES string of the molecule is CC1CCCCC1CC1(C)CCCCC1N. The zero-order valence-corrected chi connectivity index (χ0v) is 11.2. The first-order valence-electron chi connectivity index (χ1n) is 7.37. The fourth-order valence-electron chi connectivity index (χ4n) is 3.98. The van der Waals surface area contributed by atoms with Crippen molar-refractivity contribution in [1.29, 1.82) is 0 Å². The molecule has 0 heterocycles. The summed E-state index contributed by atoms with van der Waals surface area (Å²) in [6, 6.07) is 0.468. The summed E-state index contributed by atoms with van der Waals surface area (Å²) in [7, 11) is 0. The second-order valence-corrected chi connectivity index (χ2v) is 6.73. The highest BCUT2D eigenvalue weighted by molar-refractivity contribution is 4.91. The van der Waals surface area contributed by atoms with Crippen LogP contribution in [0, 0.1) is 17.3 Å². The zero-order chi connectivity index (χ0) is 11.6. The van der Waals surface area contributed by atoms with Gasteiger partial charge in [-0.3, -0.25) is 0 Å². The first kappa shape index (κ1) is 12.4. The molecule has 0 spiro atoms. The first-order chi connectivity index (χ1) is 7.62. The quantitative estimate of drug-likeness (QED) is 0.749. The van der Waals surface area contributed by atoms with E-state index in [1.54, 1.807) is 0 Å². The molecule has 0 amide bonds. The van der Waals surface area contributed by atoms with Gasteiger partial charge in [0.15, 0.2) is 0 Å². The Morgan fingerprint density at radius 3 is 2.44 bits per heavy atom. The van der Waals surface area contributed by atoms with Crippen LogP contribution in [0.1, 0.15) is 71.6 Å². The maximum absolute atomic E-state index is 6.38. The Labute approximate surface area is 101 Å². The lowest BCUT2D eigenvalue weighted by atomic mass is 9.64. The van der Waals surface area contributed by atoms with E-state index in [4.69, 9.17) is 5.73 Å². The van der Waals surface area contributed by atoms with Gasteiger partial charge in [0.1, 0.15) is 0 Å². The van der Waals surface area contributed by atoms with Crippen LogP contribution in [-0.2, 0) is 0 Å². The third-order valence-electron chi connectivity index (χ3n) is 5.43. The number of hydrogen-bond acceptors (Lipinski definition) is 1. The van der Waals surface area contributed by atoms with Gasteiger partial charge in [0.2, 0.25) is 0 Å². The minimum absolute atomic E-state index is 0.453. The second-order valence-electron chi connectivity index (χ2n) is 6.73. The van der Waals surface area contributed by atoms with Gasteiger partial charge in [-0.1, -0.05) is 52.4 Å². The lowest BCUT2D eigenvalue weighted by Crippen LogP contribution is -2.44. The summed E-state index contributed by atoms with van der Waals surface area (Å²) in [6.45, 7) is 4.92. The van der Waals surface area contributed by atoms with Crippen LogP contribution in [0.25, 0.3) is 0 Å². The summed E-state index contributed by atoms with van der Waals surface area (Å²) >= 11 is 0. The van der Waals surface area contributed by atoms with E-state index in [1.165, 1.54) is 57.8 Å². The van der Waals surface area contributed by atoms with Crippen LogP contribution < -0.4 is 5.73 Å². The molecule has 2 saturated carbocycles. The highest BCUT2D eigenvalue weighted by Gasteiger charge is 2.37. The maximum Gasteiger partial charge on any atom is 0.00930 e. The van der Waals surface area contributed by atoms with Crippen LogP contribution in [-0.4, -0.2) is 6.04 Å². The molecule has 0 bridgehead atoms. The van der Waals surface area contributed by atoms with Crippen molar-refractivity contribution in [3.8, 4) is 0 Å². The zero-order valence-electron chi connectivity index (χ0n) is 11.2. The van der Waals surface area contributed by atoms with Crippen molar-refractivity contribution in [2.45, 2.75) is 77.7 Å². The van der Waals surface area contributed by atoms with E-state index < -0.39 is 0 Å². The van der Waals surface area contributed by atoms with Gasteiger partial charge in [-0.25, -0.2) is 0 Å². The Morgan fingerprint density at radius 2 is 1.75 bits per heavy atom. The van der Waals surface area contributed by atoms with Gasteiger partial charge in [-0.2, -0.15) is 0 Å². The molecule has 4 atom stereocenters. The van der Waals surface area contributed by atoms with Gasteiger partial charge in [-0.15, -0.1) is 0 Å². The van der Waals surface area contributed by atoms with Crippen molar-refractivity contribution in [3.63, 3.8) is 0 Å². The molecule has 2 aliphatic carbocycles. The molecule has 94 valence electrons. The molecule has 16 heavy (non-hydrogen) atoms. The fourth-order valence-corrected chi connectivity index (χ4v) is 3.98. The summed E-state index contributed by atoms with van der Waals surface area (Å²) in [5.74, 6) is 1.91. The molecule has 2 aliphatic rings. The Balaban J connectivity index is 1.95. The van der Waals surface area contributed by atoms with Crippen molar-refractivity contribution < 1.29 is 0 Å². The van der Waals surface area contributed by atoms with Gasteiger partial charge in [0, 0.05) is 6.04 Å². The van der Waals surface area contributed by atoms with Gasteiger partial charge < -0.3 is 5.73 Å². The van der Waals surface area contributed by atoms with Gasteiger partial charge >= 0.3 is 0 Å². The molecule has 0 radical (unpaired) electrons. The van der Waals surface area contributed by atoms with Crippen LogP contribution in [0.5, 0.6) is 0 Å². The lowest BCUT2D eigenvalue weighted by Gasteiger charge is -2.44. The fraction of sp³-hybridized carbons (Fsp3) is 1.00. The summed E-state index contributed by atoms with van der Waals surface area (Å²) in [5.41, 5.74) is 6.83. The van der Waals surface area contributed by atoms with Crippen molar-refractivity contribution >= 4 is 0 Å². The Morgan fingerprint density at radius 1 is 1.06 bits per heavy atom. The molecule has 0 aromatic rings. The molecule has 2 rings (SSSR count). The van der Waals surface area contributed by atoms with Crippen LogP contribution in [0.15, 0.2) is 0 Å². The normalized spacial score (nSPS) is 45.6. The molecule has 1 nitrogen and oxygen atoms in total. The topological polar surface area (TPSA) is 26.0 Å². The summed E-state index contributed by atoms with van der Waals surface area (Å²) in [6.07, 6.45) is 12.6. The smallest absolute Gasteiger partial charge is 0.00930 e. The van der Waals surface area contributed by atoms with Crippen LogP contribution in [0.2, 0.25) is 0 Å². The highest BCUT2D eigenvalue weighted by atomic mass is 14.7.